The van der Waals surface area contributed by atoms with Gasteiger partial charge in [0.15, 0.2) is 0 Å². The molecule has 0 fully saturated rings. The first-order valence-electron chi connectivity index (χ1n) is 8.43. The van der Waals surface area contributed by atoms with Gasteiger partial charge in [-0.1, -0.05) is 13.8 Å². The lowest BCUT2D eigenvalue weighted by molar-refractivity contribution is 0.268. The van der Waals surface area contributed by atoms with Crippen LogP contribution in [0.15, 0.2) is 21.3 Å². The summed E-state index contributed by atoms with van der Waals surface area (Å²) in [5.41, 5.74) is 3.46. The van der Waals surface area contributed by atoms with Crippen LogP contribution < -0.4 is 15.7 Å². The number of ether oxygens (including phenoxy) is 1. The van der Waals surface area contributed by atoms with Crippen LogP contribution >= 0.6 is 0 Å². The average Bonchev–Trinajstić information content (AvgIpc) is 2.93. The zero-order valence-electron chi connectivity index (χ0n) is 14.4. The summed E-state index contributed by atoms with van der Waals surface area (Å²) >= 11 is 0. The third-order valence-electron chi connectivity index (χ3n) is 4.29. The van der Waals surface area contributed by atoms with Gasteiger partial charge in [0.2, 0.25) is 0 Å². The van der Waals surface area contributed by atoms with E-state index in [0.717, 1.165) is 47.1 Å². The fourth-order valence-electron chi connectivity index (χ4n) is 3.45. The lowest BCUT2D eigenvalue weighted by Crippen LogP contribution is -2.36. The summed E-state index contributed by atoms with van der Waals surface area (Å²) in [6.07, 6.45) is 2.75. The lowest BCUT2D eigenvalue weighted by Gasteiger charge is -2.19. The normalized spacial score (nSPS) is 15.2. The van der Waals surface area contributed by atoms with E-state index >= 15 is 0 Å². The summed E-state index contributed by atoms with van der Waals surface area (Å²) in [7, 11) is 0. The van der Waals surface area contributed by atoms with Crippen LogP contribution in [0.2, 0.25) is 0 Å². The van der Waals surface area contributed by atoms with Gasteiger partial charge in [0.05, 0.1) is 5.39 Å². The summed E-state index contributed by atoms with van der Waals surface area (Å²) in [6.45, 7) is 8.95. The standard InChI is InChI=1S/C19H25NO3/c1-11(2)20-13(4)10-22-16-8-12(3)9-17-18(16)14-6-5-7-15(14)19(21)23-17/h8-9,11,13,20H,5-7,10H2,1-4H3. The molecule has 0 aliphatic heterocycles. The molecule has 1 atom stereocenters. The van der Waals surface area contributed by atoms with Crippen molar-refractivity contribution in [3.63, 3.8) is 0 Å². The zero-order valence-corrected chi connectivity index (χ0v) is 14.4. The van der Waals surface area contributed by atoms with Crippen molar-refractivity contribution in [1.82, 2.24) is 5.32 Å². The SMILES string of the molecule is Cc1cc(OCC(C)NC(C)C)c2c3c(c(=O)oc2c1)CCC3. The van der Waals surface area contributed by atoms with E-state index in [1.54, 1.807) is 0 Å². The number of hydrogen-bond donors (Lipinski definition) is 1. The number of rotatable bonds is 5. The van der Waals surface area contributed by atoms with Crippen LogP contribution in [-0.2, 0) is 12.8 Å². The second-order valence-electron chi connectivity index (χ2n) is 6.87. The van der Waals surface area contributed by atoms with E-state index in [1.807, 2.05) is 19.1 Å². The van der Waals surface area contributed by atoms with Gasteiger partial charge in [-0.05, 0) is 56.4 Å². The molecule has 23 heavy (non-hydrogen) atoms. The van der Waals surface area contributed by atoms with E-state index in [1.165, 1.54) is 0 Å². The minimum absolute atomic E-state index is 0.184. The molecule has 124 valence electrons. The Hall–Kier alpha value is -1.81. The van der Waals surface area contributed by atoms with E-state index in [-0.39, 0.29) is 11.7 Å². The summed E-state index contributed by atoms with van der Waals surface area (Å²) in [6, 6.07) is 4.65. The zero-order chi connectivity index (χ0) is 16.6. The van der Waals surface area contributed by atoms with E-state index in [2.05, 4.69) is 26.1 Å². The van der Waals surface area contributed by atoms with Crippen LogP contribution in [-0.4, -0.2) is 18.7 Å². The lowest BCUT2D eigenvalue weighted by atomic mass is 10.0. The Kier molecular flexibility index (Phi) is 4.44. The highest BCUT2D eigenvalue weighted by atomic mass is 16.5. The van der Waals surface area contributed by atoms with Gasteiger partial charge in [0, 0.05) is 17.6 Å². The number of aryl methyl sites for hydroxylation is 2. The maximum atomic E-state index is 12.1. The molecule has 0 bridgehead atoms. The highest BCUT2D eigenvalue weighted by Crippen LogP contribution is 2.35. The van der Waals surface area contributed by atoms with Crippen molar-refractivity contribution in [1.29, 1.82) is 0 Å². The Morgan fingerprint density at radius 2 is 1.96 bits per heavy atom. The molecule has 1 N–H and O–H groups in total. The van der Waals surface area contributed by atoms with Crippen LogP contribution in [0.4, 0.5) is 0 Å². The molecule has 1 aliphatic carbocycles. The number of fused-ring (bicyclic) bond motifs is 3. The Bertz CT molecular complexity index is 776. The van der Waals surface area contributed by atoms with Gasteiger partial charge in [-0.3, -0.25) is 0 Å². The summed E-state index contributed by atoms with van der Waals surface area (Å²) < 4.78 is 11.6. The third kappa shape index (κ3) is 3.27. The second kappa shape index (κ2) is 6.36. The number of hydrogen-bond acceptors (Lipinski definition) is 4. The molecule has 1 aromatic carbocycles. The van der Waals surface area contributed by atoms with Crippen molar-refractivity contribution in [2.24, 2.45) is 0 Å². The minimum atomic E-state index is -0.184. The topological polar surface area (TPSA) is 51.5 Å². The van der Waals surface area contributed by atoms with Crippen molar-refractivity contribution in [2.45, 2.75) is 59.0 Å². The molecule has 0 amide bonds. The molecule has 0 radical (unpaired) electrons. The van der Waals surface area contributed by atoms with Gasteiger partial charge in [0.25, 0.3) is 0 Å². The van der Waals surface area contributed by atoms with Gasteiger partial charge in [-0.25, -0.2) is 4.79 Å². The van der Waals surface area contributed by atoms with Crippen molar-refractivity contribution >= 4 is 11.0 Å². The Labute approximate surface area is 136 Å². The van der Waals surface area contributed by atoms with Crippen LogP contribution in [0.5, 0.6) is 5.75 Å². The molecule has 4 nitrogen and oxygen atoms in total. The third-order valence-corrected chi connectivity index (χ3v) is 4.29. The van der Waals surface area contributed by atoms with Crippen LogP contribution in [0, 0.1) is 6.92 Å². The van der Waals surface area contributed by atoms with Crippen molar-refractivity contribution in [2.75, 3.05) is 6.61 Å². The molecule has 0 saturated heterocycles. The molecule has 0 spiro atoms. The molecule has 4 heteroatoms. The molecular weight excluding hydrogens is 290 g/mol. The first kappa shape index (κ1) is 16.1. The quantitative estimate of drug-likeness (QED) is 0.860. The maximum Gasteiger partial charge on any atom is 0.339 e. The number of nitrogens with one attached hydrogen (secondary N) is 1. The predicted octanol–water partition coefficient (Wildman–Crippen LogP) is 3.36. The van der Waals surface area contributed by atoms with Gasteiger partial charge in [0.1, 0.15) is 17.9 Å². The summed E-state index contributed by atoms with van der Waals surface area (Å²) in [5.74, 6) is 0.833. The Morgan fingerprint density at radius 1 is 1.22 bits per heavy atom. The Morgan fingerprint density at radius 3 is 2.70 bits per heavy atom. The molecule has 1 aromatic heterocycles. The van der Waals surface area contributed by atoms with Crippen molar-refractivity contribution < 1.29 is 9.15 Å². The highest BCUT2D eigenvalue weighted by Gasteiger charge is 2.22. The summed E-state index contributed by atoms with van der Waals surface area (Å²) in [5, 5.41) is 4.42. The average molecular weight is 315 g/mol. The van der Waals surface area contributed by atoms with E-state index in [9.17, 15) is 4.79 Å². The van der Waals surface area contributed by atoms with E-state index in [0.29, 0.717) is 18.2 Å². The van der Waals surface area contributed by atoms with Crippen LogP contribution in [0.25, 0.3) is 11.0 Å². The van der Waals surface area contributed by atoms with Gasteiger partial charge in [-0.2, -0.15) is 0 Å². The maximum absolute atomic E-state index is 12.1. The first-order chi connectivity index (χ1) is 11.0. The van der Waals surface area contributed by atoms with Crippen molar-refractivity contribution in [3.8, 4) is 5.75 Å². The molecule has 0 saturated carbocycles. The molecule has 1 aliphatic rings. The minimum Gasteiger partial charge on any atom is -0.491 e. The highest BCUT2D eigenvalue weighted by molar-refractivity contribution is 5.88. The molecule has 3 rings (SSSR count). The predicted molar refractivity (Wildman–Crippen MR) is 92.5 cm³/mol. The molecule has 1 unspecified atom stereocenters. The van der Waals surface area contributed by atoms with E-state index < -0.39 is 0 Å². The van der Waals surface area contributed by atoms with Gasteiger partial charge >= 0.3 is 5.63 Å². The fourth-order valence-corrected chi connectivity index (χ4v) is 3.45. The van der Waals surface area contributed by atoms with E-state index in [4.69, 9.17) is 9.15 Å². The van der Waals surface area contributed by atoms with Crippen molar-refractivity contribution in [3.05, 3.63) is 39.2 Å². The fraction of sp³-hybridized carbons (Fsp3) is 0.526. The second-order valence-corrected chi connectivity index (χ2v) is 6.87. The Balaban J connectivity index is 1.99. The van der Waals surface area contributed by atoms with Gasteiger partial charge < -0.3 is 14.5 Å². The smallest absolute Gasteiger partial charge is 0.339 e. The van der Waals surface area contributed by atoms with Crippen LogP contribution in [0.1, 0.15) is 43.9 Å². The summed E-state index contributed by atoms with van der Waals surface area (Å²) in [4.78, 5) is 12.1. The number of benzene rings is 1. The largest absolute Gasteiger partial charge is 0.491 e. The molecule has 2 aromatic rings. The molecular formula is C19H25NO3. The molecule has 1 heterocycles. The van der Waals surface area contributed by atoms with Gasteiger partial charge in [-0.15, -0.1) is 0 Å². The first-order valence-corrected chi connectivity index (χ1v) is 8.43. The monoisotopic (exact) mass is 315 g/mol. The van der Waals surface area contributed by atoms with Crippen LogP contribution in [0.3, 0.4) is 0 Å².